The number of benzene rings is 1. The summed E-state index contributed by atoms with van der Waals surface area (Å²) in [5, 5.41) is 3.98. The van der Waals surface area contributed by atoms with E-state index in [4.69, 9.17) is 8.94 Å². The van der Waals surface area contributed by atoms with Gasteiger partial charge in [0.05, 0.1) is 11.8 Å². The standard InChI is InChI=1S/C13H9BrN2O2/c1-8-11(5-6-17-8)13-15-12(16-18-13)9-3-2-4-10(14)7-9/h2-7H,1H3. The highest BCUT2D eigenvalue weighted by atomic mass is 79.9. The van der Waals surface area contributed by atoms with Gasteiger partial charge in [0.2, 0.25) is 5.82 Å². The Kier molecular flexibility index (Phi) is 2.76. The molecule has 0 fully saturated rings. The van der Waals surface area contributed by atoms with Crippen molar-refractivity contribution in [3.63, 3.8) is 0 Å². The summed E-state index contributed by atoms with van der Waals surface area (Å²) in [5.74, 6) is 1.79. The van der Waals surface area contributed by atoms with Crippen LogP contribution >= 0.6 is 15.9 Å². The Balaban J connectivity index is 2.02. The van der Waals surface area contributed by atoms with E-state index in [2.05, 4.69) is 26.1 Å². The summed E-state index contributed by atoms with van der Waals surface area (Å²) >= 11 is 3.42. The Morgan fingerprint density at radius 3 is 2.83 bits per heavy atom. The van der Waals surface area contributed by atoms with Gasteiger partial charge in [0.15, 0.2) is 0 Å². The van der Waals surface area contributed by atoms with E-state index in [0.717, 1.165) is 21.4 Å². The number of halogens is 1. The molecule has 0 bridgehead atoms. The predicted molar refractivity (Wildman–Crippen MR) is 69.9 cm³/mol. The molecule has 0 amide bonds. The maximum atomic E-state index is 5.25. The van der Waals surface area contributed by atoms with Crippen LogP contribution in [0.1, 0.15) is 5.76 Å². The Labute approximate surface area is 112 Å². The maximum absolute atomic E-state index is 5.25. The molecule has 3 aromatic rings. The maximum Gasteiger partial charge on any atom is 0.261 e. The third-order valence-electron chi connectivity index (χ3n) is 2.60. The van der Waals surface area contributed by atoms with Crippen molar-refractivity contribution < 1.29 is 8.94 Å². The summed E-state index contributed by atoms with van der Waals surface area (Å²) in [4.78, 5) is 4.37. The van der Waals surface area contributed by atoms with E-state index < -0.39 is 0 Å². The summed E-state index contributed by atoms with van der Waals surface area (Å²) in [5.41, 5.74) is 1.73. The van der Waals surface area contributed by atoms with Crippen LogP contribution in [0.5, 0.6) is 0 Å². The van der Waals surface area contributed by atoms with Crippen LogP contribution < -0.4 is 0 Å². The lowest BCUT2D eigenvalue weighted by Gasteiger charge is -1.94. The molecule has 0 aliphatic rings. The smallest absolute Gasteiger partial charge is 0.261 e. The van der Waals surface area contributed by atoms with E-state index in [1.807, 2.05) is 37.3 Å². The molecule has 0 unspecified atom stereocenters. The zero-order valence-electron chi connectivity index (χ0n) is 9.55. The van der Waals surface area contributed by atoms with Crippen LogP contribution in [0, 0.1) is 6.92 Å². The number of rotatable bonds is 2. The third kappa shape index (κ3) is 1.97. The van der Waals surface area contributed by atoms with Gasteiger partial charge in [-0.2, -0.15) is 4.98 Å². The number of nitrogens with zero attached hydrogens (tertiary/aromatic N) is 2. The topological polar surface area (TPSA) is 52.1 Å². The Morgan fingerprint density at radius 1 is 1.22 bits per heavy atom. The lowest BCUT2D eigenvalue weighted by Crippen LogP contribution is -1.81. The van der Waals surface area contributed by atoms with Crippen LogP contribution in [-0.2, 0) is 0 Å². The van der Waals surface area contributed by atoms with Crippen LogP contribution in [0.3, 0.4) is 0 Å². The summed E-state index contributed by atoms with van der Waals surface area (Å²) in [6.45, 7) is 1.86. The molecule has 0 spiro atoms. The number of hydrogen-bond acceptors (Lipinski definition) is 4. The first-order valence-electron chi connectivity index (χ1n) is 5.38. The highest BCUT2D eigenvalue weighted by Gasteiger charge is 2.14. The fraction of sp³-hybridized carbons (Fsp3) is 0.0769. The van der Waals surface area contributed by atoms with Crippen LogP contribution in [0.15, 0.2) is 50.0 Å². The molecule has 0 saturated carbocycles. The van der Waals surface area contributed by atoms with Gasteiger partial charge in [0.25, 0.3) is 5.89 Å². The van der Waals surface area contributed by atoms with Gasteiger partial charge >= 0.3 is 0 Å². The minimum absolute atomic E-state index is 0.469. The lowest BCUT2D eigenvalue weighted by atomic mass is 10.2. The molecule has 18 heavy (non-hydrogen) atoms. The van der Waals surface area contributed by atoms with Crippen molar-refractivity contribution in [2.24, 2.45) is 0 Å². The van der Waals surface area contributed by atoms with Crippen molar-refractivity contribution in [2.45, 2.75) is 6.92 Å². The molecule has 0 aliphatic carbocycles. The van der Waals surface area contributed by atoms with E-state index in [-0.39, 0.29) is 0 Å². The summed E-state index contributed by atoms with van der Waals surface area (Å²) < 4.78 is 11.4. The molecule has 0 saturated heterocycles. The third-order valence-corrected chi connectivity index (χ3v) is 3.09. The van der Waals surface area contributed by atoms with E-state index in [1.54, 1.807) is 6.26 Å². The number of furan rings is 1. The molecule has 2 heterocycles. The Morgan fingerprint density at radius 2 is 2.11 bits per heavy atom. The SMILES string of the molecule is Cc1occc1-c1nc(-c2cccc(Br)c2)no1. The first-order valence-corrected chi connectivity index (χ1v) is 6.17. The highest BCUT2D eigenvalue weighted by Crippen LogP contribution is 2.26. The van der Waals surface area contributed by atoms with Crippen LogP contribution in [0.4, 0.5) is 0 Å². The normalized spacial score (nSPS) is 10.8. The second-order valence-electron chi connectivity index (χ2n) is 3.82. The quantitative estimate of drug-likeness (QED) is 0.716. The molecular weight excluding hydrogens is 296 g/mol. The van der Waals surface area contributed by atoms with Gasteiger partial charge in [0.1, 0.15) is 5.76 Å². The van der Waals surface area contributed by atoms with Crippen molar-refractivity contribution in [1.82, 2.24) is 10.1 Å². The molecule has 3 rings (SSSR count). The van der Waals surface area contributed by atoms with E-state index in [0.29, 0.717) is 11.7 Å². The number of aromatic nitrogens is 2. The molecule has 1 aromatic carbocycles. The zero-order valence-corrected chi connectivity index (χ0v) is 11.1. The molecule has 0 radical (unpaired) electrons. The number of hydrogen-bond donors (Lipinski definition) is 0. The summed E-state index contributed by atoms with van der Waals surface area (Å²) in [6, 6.07) is 9.56. The molecule has 5 heteroatoms. The second-order valence-corrected chi connectivity index (χ2v) is 4.74. The van der Waals surface area contributed by atoms with E-state index in [1.165, 1.54) is 0 Å². The zero-order chi connectivity index (χ0) is 12.5. The van der Waals surface area contributed by atoms with Crippen molar-refractivity contribution in [3.05, 3.63) is 46.8 Å². The van der Waals surface area contributed by atoms with Gasteiger partial charge in [-0.15, -0.1) is 0 Å². The molecule has 0 atom stereocenters. The minimum atomic E-state index is 0.469. The molecule has 4 nitrogen and oxygen atoms in total. The van der Waals surface area contributed by atoms with Crippen molar-refractivity contribution in [1.29, 1.82) is 0 Å². The molecule has 2 aromatic heterocycles. The fourth-order valence-corrected chi connectivity index (χ4v) is 2.08. The van der Waals surface area contributed by atoms with Gasteiger partial charge in [-0.05, 0) is 25.1 Å². The Hall–Kier alpha value is -1.88. The molecule has 0 aliphatic heterocycles. The molecular formula is C13H9BrN2O2. The minimum Gasteiger partial charge on any atom is -0.469 e. The fourth-order valence-electron chi connectivity index (χ4n) is 1.68. The monoisotopic (exact) mass is 304 g/mol. The van der Waals surface area contributed by atoms with Crippen molar-refractivity contribution >= 4 is 15.9 Å². The van der Waals surface area contributed by atoms with Crippen LogP contribution in [0.25, 0.3) is 22.8 Å². The van der Waals surface area contributed by atoms with Gasteiger partial charge < -0.3 is 8.94 Å². The Bertz CT molecular complexity index is 688. The highest BCUT2D eigenvalue weighted by molar-refractivity contribution is 9.10. The van der Waals surface area contributed by atoms with Crippen molar-refractivity contribution in [3.8, 4) is 22.8 Å². The predicted octanol–water partition coefficient (Wildman–Crippen LogP) is 4.07. The lowest BCUT2D eigenvalue weighted by molar-refractivity contribution is 0.430. The second kappa shape index (κ2) is 4.42. The van der Waals surface area contributed by atoms with Gasteiger partial charge in [-0.1, -0.05) is 33.2 Å². The largest absolute Gasteiger partial charge is 0.469 e. The summed E-state index contributed by atoms with van der Waals surface area (Å²) in [6.07, 6.45) is 1.60. The van der Waals surface area contributed by atoms with Crippen LogP contribution in [0.2, 0.25) is 0 Å². The number of aryl methyl sites for hydroxylation is 1. The first kappa shape index (κ1) is 11.2. The average Bonchev–Trinajstić information content (AvgIpc) is 2.97. The van der Waals surface area contributed by atoms with Gasteiger partial charge in [-0.25, -0.2) is 0 Å². The first-order chi connectivity index (χ1) is 8.74. The van der Waals surface area contributed by atoms with Gasteiger partial charge in [0, 0.05) is 10.0 Å². The summed E-state index contributed by atoms with van der Waals surface area (Å²) in [7, 11) is 0. The van der Waals surface area contributed by atoms with Gasteiger partial charge in [-0.3, -0.25) is 0 Å². The van der Waals surface area contributed by atoms with E-state index >= 15 is 0 Å². The molecule has 0 N–H and O–H groups in total. The van der Waals surface area contributed by atoms with Crippen molar-refractivity contribution in [2.75, 3.05) is 0 Å². The average molecular weight is 305 g/mol. The van der Waals surface area contributed by atoms with Crippen LogP contribution in [-0.4, -0.2) is 10.1 Å². The molecule has 90 valence electrons. The van der Waals surface area contributed by atoms with E-state index in [9.17, 15) is 0 Å².